The molecule has 0 bridgehead atoms. The molecule has 0 spiro atoms. The molecule has 0 aliphatic rings. The molecule has 2 nitrogen and oxygen atoms in total. The molecule has 0 heterocycles. The third-order valence-electron chi connectivity index (χ3n) is 3.15. The maximum absolute atomic E-state index is 10.4. The topological polar surface area (TPSA) is 44.0 Å². The van der Waals surface area contributed by atoms with E-state index in [0.717, 1.165) is 11.1 Å². The van der Waals surface area contributed by atoms with E-state index in [2.05, 4.69) is 0 Å². The number of rotatable bonds is 3. The van der Waals surface area contributed by atoms with Gasteiger partial charge in [0.1, 0.15) is 6.07 Å². The lowest BCUT2D eigenvalue weighted by atomic mass is 9.86. The second-order valence-corrected chi connectivity index (χ2v) is 4.24. The van der Waals surface area contributed by atoms with E-state index in [1.54, 1.807) is 0 Å². The quantitative estimate of drug-likeness (QED) is 0.830. The number of benzene rings is 2. The molecule has 0 fully saturated rings. The van der Waals surface area contributed by atoms with Crippen molar-refractivity contribution in [2.75, 3.05) is 0 Å². The highest BCUT2D eigenvalue weighted by Gasteiger charge is 2.29. The van der Waals surface area contributed by atoms with Crippen LogP contribution in [0.3, 0.4) is 0 Å². The van der Waals surface area contributed by atoms with E-state index >= 15 is 0 Å². The Bertz CT molecular complexity index is 571. The summed E-state index contributed by atoms with van der Waals surface area (Å²) >= 11 is 0. The lowest BCUT2D eigenvalue weighted by Gasteiger charge is -2.22. The molecule has 0 saturated heterocycles. The maximum atomic E-state index is 10.4. The van der Waals surface area contributed by atoms with Gasteiger partial charge in [0.05, 0.1) is 0 Å². The fourth-order valence-corrected chi connectivity index (χ4v) is 2.04. The smallest absolute Gasteiger partial charge is 0.176 e. The van der Waals surface area contributed by atoms with Crippen LogP contribution in [0, 0.1) is 11.3 Å². The van der Waals surface area contributed by atoms with Crippen LogP contribution in [0.5, 0.6) is 0 Å². The number of hydrogen-bond acceptors (Lipinski definition) is 2. The average molecular weight is 237 g/mol. The molecule has 2 heteroatoms. The number of nitrogens with zero attached hydrogens (tertiary/aromatic N) is 1. The predicted molar refractivity (Wildman–Crippen MR) is 71.7 cm³/mol. The van der Waals surface area contributed by atoms with E-state index in [4.69, 9.17) is 0 Å². The summed E-state index contributed by atoms with van der Waals surface area (Å²) in [4.78, 5) is 0. The fraction of sp³-hybridized carbons (Fsp3) is 0.188. The summed E-state index contributed by atoms with van der Waals surface area (Å²) in [6, 6.07) is 19.3. The van der Waals surface area contributed by atoms with Crippen LogP contribution < -0.4 is 0 Å². The van der Waals surface area contributed by atoms with Crippen LogP contribution >= 0.6 is 0 Å². The van der Waals surface area contributed by atoms with Crippen LogP contribution in [-0.2, 0) is 5.60 Å². The minimum absolute atomic E-state index is 0.368. The van der Waals surface area contributed by atoms with Gasteiger partial charge in [-0.05, 0) is 17.5 Å². The number of nitriles is 1. The van der Waals surface area contributed by atoms with Gasteiger partial charge < -0.3 is 5.11 Å². The van der Waals surface area contributed by atoms with Crippen molar-refractivity contribution >= 4 is 0 Å². The molecule has 0 aromatic heterocycles. The normalized spacial score (nSPS) is 13.6. The lowest BCUT2D eigenvalue weighted by molar-refractivity contribution is 0.0941. The molecular weight excluding hydrogens is 222 g/mol. The van der Waals surface area contributed by atoms with Crippen LogP contribution in [0.4, 0.5) is 0 Å². The molecule has 0 aliphatic carbocycles. The van der Waals surface area contributed by atoms with Gasteiger partial charge in [0.2, 0.25) is 0 Å². The van der Waals surface area contributed by atoms with E-state index in [1.807, 2.05) is 67.6 Å². The zero-order chi connectivity index (χ0) is 13.0. The van der Waals surface area contributed by atoms with Crippen LogP contribution in [0.1, 0.15) is 18.9 Å². The summed E-state index contributed by atoms with van der Waals surface area (Å²) in [5.41, 5.74) is 1.16. The molecule has 0 amide bonds. The largest absolute Gasteiger partial charge is 0.371 e. The third-order valence-corrected chi connectivity index (χ3v) is 3.15. The van der Waals surface area contributed by atoms with E-state index < -0.39 is 5.60 Å². The van der Waals surface area contributed by atoms with Gasteiger partial charge in [-0.1, -0.05) is 61.5 Å². The highest BCUT2D eigenvalue weighted by Crippen LogP contribution is 2.33. The van der Waals surface area contributed by atoms with Gasteiger partial charge in [-0.2, -0.15) is 5.26 Å². The Morgan fingerprint density at radius 1 is 1.06 bits per heavy atom. The highest BCUT2D eigenvalue weighted by molar-refractivity contribution is 5.69. The highest BCUT2D eigenvalue weighted by atomic mass is 16.3. The Morgan fingerprint density at radius 3 is 2.28 bits per heavy atom. The van der Waals surface area contributed by atoms with E-state index in [9.17, 15) is 10.4 Å². The Labute approximate surface area is 107 Å². The van der Waals surface area contributed by atoms with E-state index in [1.165, 1.54) is 0 Å². The summed E-state index contributed by atoms with van der Waals surface area (Å²) < 4.78 is 0. The first-order chi connectivity index (χ1) is 8.71. The van der Waals surface area contributed by atoms with Crippen LogP contribution in [-0.4, -0.2) is 5.11 Å². The summed E-state index contributed by atoms with van der Waals surface area (Å²) in [5.74, 6) is 0. The van der Waals surface area contributed by atoms with Gasteiger partial charge in [-0.15, -0.1) is 0 Å². The monoisotopic (exact) mass is 237 g/mol. The first kappa shape index (κ1) is 12.3. The molecule has 2 rings (SSSR count). The van der Waals surface area contributed by atoms with Crippen molar-refractivity contribution in [1.29, 1.82) is 5.26 Å². The molecule has 1 N–H and O–H groups in total. The SMILES string of the molecule is CCC(O)(C#N)c1ccccc1-c1ccccc1. The van der Waals surface area contributed by atoms with Crippen molar-refractivity contribution in [3.63, 3.8) is 0 Å². The predicted octanol–water partition coefficient (Wildman–Crippen LogP) is 3.47. The van der Waals surface area contributed by atoms with Crippen molar-refractivity contribution in [2.24, 2.45) is 0 Å². The van der Waals surface area contributed by atoms with Crippen LogP contribution in [0.2, 0.25) is 0 Å². The maximum Gasteiger partial charge on any atom is 0.176 e. The third kappa shape index (κ3) is 2.13. The second-order valence-electron chi connectivity index (χ2n) is 4.24. The molecule has 18 heavy (non-hydrogen) atoms. The minimum atomic E-state index is -1.42. The minimum Gasteiger partial charge on any atom is -0.371 e. The molecule has 0 radical (unpaired) electrons. The van der Waals surface area contributed by atoms with Gasteiger partial charge >= 0.3 is 0 Å². The standard InChI is InChI=1S/C16H15NO/c1-2-16(18,12-17)15-11-7-6-10-14(15)13-8-4-3-5-9-13/h3-11,18H,2H2,1H3. The van der Waals surface area contributed by atoms with Crippen molar-refractivity contribution in [3.8, 4) is 17.2 Å². The fourth-order valence-electron chi connectivity index (χ4n) is 2.04. The molecule has 0 aliphatic heterocycles. The summed E-state index contributed by atoms with van der Waals surface area (Å²) in [6.07, 6.45) is 0.368. The van der Waals surface area contributed by atoms with Crippen LogP contribution in [0.15, 0.2) is 54.6 Å². The molecule has 90 valence electrons. The van der Waals surface area contributed by atoms with E-state index in [0.29, 0.717) is 12.0 Å². The van der Waals surface area contributed by atoms with Crippen molar-refractivity contribution in [1.82, 2.24) is 0 Å². The van der Waals surface area contributed by atoms with Crippen LogP contribution in [0.25, 0.3) is 11.1 Å². The Kier molecular flexibility index (Phi) is 3.45. The summed E-state index contributed by atoms with van der Waals surface area (Å²) in [5, 5.41) is 19.6. The Balaban J connectivity index is 2.61. The first-order valence-electron chi connectivity index (χ1n) is 6.00. The zero-order valence-electron chi connectivity index (χ0n) is 10.3. The molecule has 2 aromatic carbocycles. The van der Waals surface area contributed by atoms with Gasteiger partial charge in [-0.3, -0.25) is 0 Å². The van der Waals surface area contributed by atoms with Crippen molar-refractivity contribution in [2.45, 2.75) is 18.9 Å². The van der Waals surface area contributed by atoms with E-state index in [-0.39, 0.29) is 0 Å². The average Bonchev–Trinajstić information content (AvgIpc) is 2.47. The first-order valence-corrected chi connectivity index (χ1v) is 6.00. The Morgan fingerprint density at radius 2 is 1.67 bits per heavy atom. The molecule has 1 atom stereocenters. The molecular formula is C16H15NO. The summed E-state index contributed by atoms with van der Waals surface area (Å²) in [7, 11) is 0. The van der Waals surface area contributed by atoms with Gasteiger partial charge in [0.15, 0.2) is 5.60 Å². The zero-order valence-corrected chi connectivity index (χ0v) is 10.3. The van der Waals surface area contributed by atoms with Crippen molar-refractivity contribution in [3.05, 3.63) is 60.2 Å². The van der Waals surface area contributed by atoms with Gasteiger partial charge in [0.25, 0.3) is 0 Å². The lowest BCUT2D eigenvalue weighted by Crippen LogP contribution is -2.23. The van der Waals surface area contributed by atoms with Crippen molar-refractivity contribution < 1.29 is 5.11 Å². The van der Waals surface area contributed by atoms with Gasteiger partial charge in [0, 0.05) is 5.56 Å². The van der Waals surface area contributed by atoms with Gasteiger partial charge in [-0.25, -0.2) is 0 Å². The number of aliphatic hydroxyl groups is 1. The summed E-state index contributed by atoms with van der Waals surface area (Å²) in [6.45, 7) is 1.81. The second kappa shape index (κ2) is 5.03. The number of hydrogen-bond donors (Lipinski definition) is 1. The molecule has 0 saturated carbocycles. The molecule has 2 aromatic rings. The molecule has 1 unspecified atom stereocenters. The Hall–Kier alpha value is -2.11.